The highest BCUT2D eigenvalue weighted by Gasteiger charge is 2.40. The molecule has 5 rings (SSSR count). The number of alkyl halides is 3. The molecule has 0 aromatic carbocycles. The molecule has 0 spiro atoms. The normalized spacial score (nSPS) is 25.5. The van der Waals surface area contributed by atoms with Crippen molar-refractivity contribution in [2.75, 3.05) is 36.5 Å². The predicted octanol–water partition coefficient (Wildman–Crippen LogP) is 3.87. The second kappa shape index (κ2) is 9.21. The summed E-state index contributed by atoms with van der Waals surface area (Å²) in [5, 5.41) is 13.5. The van der Waals surface area contributed by atoms with Gasteiger partial charge in [-0.3, -0.25) is 5.10 Å². The lowest BCUT2D eigenvalue weighted by atomic mass is 10.1. The molecule has 190 valence electrons. The van der Waals surface area contributed by atoms with Gasteiger partial charge in [0.2, 0.25) is 0 Å². The minimum absolute atomic E-state index is 0.120. The van der Waals surface area contributed by atoms with Crippen LogP contribution in [-0.2, 0) is 15.7 Å². The lowest BCUT2D eigenvalue weighted by molar-refractivity contribution is -0.141. The van der Waals surface area contributed by atoms with Crippen molar-refractivity contribution in [2.45, 2.75) is 56.5 Å². The van der Waals surface area contributed by atoms with Crippen LogP contribution in [0.5, 0.6) is 0 Å². The molecule has 2 aliphatic heterocycles. The summed E-state index contributed by atoms with van der Waals surface area (Å²) in [5.41, 5.74) is 0.507. The third-order valence-electron chi connectivity index (χ3n) is 6.84. The maximum absolute atomic E-state index is 12.7. The Bertz CT molecular complexity index is 1040. The Kier molecular flexibility index (Phi) is 6.24. The van der Waals surface area contributed by atoms with Gasteiger partial charge >= 0.3 is 12.3 Å². The summed E-state index contributed by atoms with van der Waals surface area (Å²) < 4.78 is 49.4. The molecular formula is C23H29F3N6O3. The minimum Gasteiger partial charge on any atom is -0.444 e. The van der Waals surface area contributed by atoms with Gasteiger partial charge in [-0.15, -0.1) is 0 Å². The van der Waals surface area contributed by atoms with Crippen LogP contribution in [-0.4, -0.2) is 59.2 Å². The minimum atomic E-state index is -4.43. The van der Waals surface area contributed by atoms with Gasteiger partial charge in [0.25, 0.3) is 0 Å². The van der Waals surface area contributed by atoms with Crippen molar-refractivity contribution in [1.82, 2.24) is 20.5 Å². The molecule has 1 amide bonds. The standard InChI is InChI=1S/C23H29F3N6O3/c1-22(5-6-22)29-21(33)35-16-8-18(34-13-16)17-9-20(31-30-17)28-10-14-4-7-32(12-14)15-2-3-19(27-11-15)23(24,25)26/h2-3,9,11,14,16,18H,4-8,10,12-13H2,1H3,(H,29,33)(H2,28,30,31)/t14-,16+,18+/m0/s1. The van der Waals surface area contributed by atoms with Crippen LogP contribution >= 0.6 is 0 Å². The highest BCUT2D eigenvalue weighted by atomic mass is 19.4. The molecular weight excluding hydrogens is 465 g/mol. The van der Waals surface area contributed by atoms with Crippen molar-refractivity contribution in [3.63, 3.8) is 0 Å². The molecule has 1 aliphatic carbocycles. The Balaban J connectivity index is 1.06. The number of rotatable bonds is 7. The van der Waals surface area contributed by atoms with Gasteiger partial charge in [-0.1, -0.05) is 0 Å². The number of carbonyl (C=O) groups is 1. The molecule has 9 nitrogen and oxygen atoms in total. The van der Waals surface area contributed by atoms with E-state index in [1.807, 2.05) is 17.9 Å². The Labute approximate surface area is 200 Å². The van der Waals surface area contributed by atoms with Gasteiger partial charge in [-0.2, -0.15) is 18.3 Å². The molecule has 0 unspecified atom stereocenters. The fourth-order valence-corrected chi connectivity index (χ4v) is 4.45. The number of nitrogens with one attached hydrogen (secondary N) is 3. The first-order chi connectivity index (χ1) is 16.7. The second-order valence-electron chi connectivity index (χ2n) is 9.86. The van der Waals surface area contributed by atoms with E-state index < -0.39 is 18.0 Å². The maximum atomic E-state index is 12.7. The van der Waals surface area contributed by atoms with E-state index in [-0.39, 0.29) is 17.7 Å². The molecule has 2 aromatic rings. The molecule has 1 saturated carbocycles. The van der Waals surface area contributed by atoms with E-state index in [0.717, 1.165) is 44.1 Å². The van der Waals surface area contributed by atoms with Crippen LogP contribution in [0.4, 0.5) is 29.5 Å². The number of alkyl carbamates (subject to hydrolysis) is 1. The van der Waals surface area contributed by atoms with Gasteiger partial charge < -0.3 is 25.0 Å². The SMILES string of the molecule is CC1(NC(=O)O[C@H]2CO[C@@H](c3cc(NC[C@@H]4CCN(c5ccc(C(F)(F)F)nc5)C4)n[nH]3)C2)CC1. The number of H-pyrrole nitrogens is 1. The largest absolute Gasteiger partial charge is 0.444 e. The van der Waals surface area contributed by atoms with E-state index in [0.29, 0.717) is 37.0 Å². The number of nitrogens with zero attached hydrogens (tertiary/aromatic N) is 3. The topological polar surface area (TPSA) is 104 Å². The van der Waals surface area contributed by atoms with Crippen molar-refractivity contribution < 1.29 is 27.4 Å². The average molecular weight is 495 g/mol. The number of pyridine rings is 1. The van der Waals surface area contributed by atoms with Crippen LogP contribution in [0, 0.1) is 5.92 Å². The number of anilines is 2. The Morgan fingerprint density at radius 2 is 2.20 bits per heavy atom. The van der Waals surface area contributed by atoms with Crippen LogP contribution in [0.25, 0.3) is 0 Å². The summed E-state index contributed by atoms with van der Waals surface area (Å²) in [4.78, 5) is 17.6. The highest BCUT2D eigenvalue weighted by Crippen LogP contribution is 2.35. The Morgan fingerprint density at radius 3 is 2.91 bits per heavy atom. The molecule has 3 atom stereocenters. The molecule has 2 saturated heterocycles. The Hall–Kier alpha value is -3.02. The molecule has 0 radical (unpaired) electrons. The smallest absolute Gasteiger partial charge is 0.433 e. The van der Waals surface area contributed by atoms with Crippen LogP contribution in [0.2, 0.25) is 0 Å². The van der Waals surface area contributed by atoms with E-state index >= 15 is 0 Å². The van der Waals surface area contributed by atoms with Gasteiger partial charge in [0.05, 0.1) is 24.2 Å². The summed E-state index contributed by atoms with van der Waals surface area (Å²) in [6.45, 7) is 4.51. The lowest BCUT2D eigenvalue weighted by Gasteiger charge is -2.19. The first-order valence-corrected chi connectivity index (χ1v) is 11.8. The van der Waals surface area contributed by atoms with E-state index in [1.54, 1.807) is 0 Å². The zero-order valence-corrected chi connectivity index (χ0v) is 19.4. The van der Waals surface area contributed by atoms with Crippen LogP contribution in [0.15, 0.2) is 24.4 Å². The predicted molar refractivity (Wildman–Crippen MR) is 121 cm³/mol. The highest BCUT2D eigenvalue weighted by molar-refractivity contribution is 5.69. The van der Waals surface area contributed by atoms with E-state index in [4.69, 9.17) is 9.47 Å². The van der Waals surface area contributed by atoms with Crippen molar-refractivity contribution in [1.29, 1.82) is 0 Å². The molecule has 0 bridgehead atoms. The summed E-state index contributed by atoms with van der Waals surface area (Å²) in [5.74, 6) is 1.02. The molecule has 35 heavy (non-hydrogen) atoms. The number of carbonyl (C=O) groups excluding carboxylic acids is 1. The summed E-state index contributed by atoms with van der Waals surface area (Å²) in [6, 6.07) is 4.39. The third-order valence-corrected chi connectivity index (χ3v) is 6.84. The number of ether oxygens (including phenoxy) is 2. The first kappa shape index (κ1) is 23.7. The second-order valence-corrected chi connectivity index (χ2v) is 9.86. The summed E-state index contributed by atoms with van der Waals surface area (Å²) >= 11 is 0. The monoisotopic (exact) mass is 494 g/mol. The number of hydrogen-bond donors (Lipinski definition) is 3. The van der Waals surface area contributed by atoms with Gasteiger partial charge in [-0.05, 0) is 44.2 Å². The lowest BCUT2D eigenvalue weighted by Crippen LogP contribution is -2.37. The summed E-state index contributed by atoms with van der Waals surface area (Å²) in [6.07, 6.45) is -0.646. The molecule has 3 N–H and O–H groups in total. The number of halogens is 3. The third kappa shape index (κ3) is 5.80. The zero-order valence-electron chi connectivity index (χ0n) is 19.4. The molecule has 3 aliphatic rings. The van der Waals surface area contributed by atoms with E-state index in [1.165, 1.54) is 12.3 Å². The molecule has 2 aromatic heterocycles. The number of aromatic nitrogens is 3. The summed E-state index contributed by atoms with van der Waals surface area (Å²) in [7, 11) is 0. The molecule has 3 fully saturated rings. The van der Waals surface area contributed by atoms with Crippen molar-refractivity contribution >= 4 is 17.6 Å². The Morgan fingerprint density at radius 1 is 1.37 bits per heavy atom. The first-order valence-electron chi connectivity index (χ1n) is 11.8. The van der Waals surface area contributed by atoms with Crippen molar-refractivity contribution in [2.24, 2.45) is 5.92 Å². The van der Waals surface area contributed by atoms with Crippen molar-refractivity contribution in [3.05, 3.63) is 35.8 Å². The van der Waals surface area contributed by atoms with Crippen molar-refractivity contribution in [3.8, 4) is 0 Å². The van der Waals surface area contributed by atoms with Crippen LogP contribution < -0.4 is 15.5 Å². The van der Waals surface area contributed by atoms with E-state index in [9.17, 15) is 18.0 Å². The van der Waals surface area contributed by atoms with Gasteiger partial charge in [-0.25, -0.2) is 9.78 Å². The van der Waals surface area contributed by atoms with Crippen LogP contribution in [0.3, 0.4) is 0 Å². The van der Waals surface area contributed by atoms with E-state index in [2.05, 4.69) is 25.8 Å². The number of hydrogen-bond acceptors (Lipinski definition) is 7. The fraction of sp³-hybridized carbons (Fsp3) is 0.609. The van der Waals surface area contributed by atoms with Gasteiger partial charge in [0, 0.05) is 37.7 Å². The molecule has 12 heteroatoms. The van der Waals surface area contributed by atoms with Gasteiger partial charge in [0.15, 0.2) is 0 Å². The average Bonchev–Trinajstić information content (AvgIpc) is 3.26. The molecule has 4 heterocycles. The maximum Gasteiger partial charge on any atom is 0.433 e. The zero-order chi connectivity index (χ0) is 24.6. The fourth-order valence-electron chi connectivity index (χ4n) is 4.45. The van der Waals surface area contributed by atoms with Crippen LogP contribution in [0.1, 0.15) is 50.1 Å². The number of aromatic amines is 1. The quantitative estimate of drug-likeness (QED) is 0.537. The number of amides is 1. The van der Waals surface area contributed by atoms with Gasteiger partial charge in [0.1, 0.15) is 23.7 Å².